The van der Waals surface area contributed by atoms with Crippen LogP contribution in [-0.2, 0) is 4.74 Å². The van der Waals surface area contributed by atoms with Crippen molar-refractivity contribution < 1.29 is 27.8 Å². The third kappa shape index (κ3) is 3.77. The minimum absolute atomic E-state index is 0.130. The normalized spacial score (nSPS) is 19.5. The molecule has 1 aromatic carbocycles. The van der Waals surface area contributed by atoms with Crippen LogP contribution in [0.4, 0.5) is 23.7 Å². The van der Waals surface area contributed by atoms with Gasteiger partial charge in [-0.1, -0.05) is 6.07 Å². The zero-order chi connectivity index (χ0) is 22.4. The van der Waals surface area contributed by atoms with Gasteiger partial charge >= 0.3 is 6.09 Å². The Hall–Kier alpha value is -3.54. The molecular formula is C20H17F3N6O3. The van der Waals surface area contributed by atoms with Crippen molar-refractivity contribution in [1.82, 2.24) is 25.2 Å². The number of aliphatic hydroxyl groups is 1. The number of benzene rings is 1. The molecule has 2 atom stereocenters. The molecule has 0 bridgehead atoms. The zero-order valence-electron chi connectivity index (χ0n) is 16.5. The van der Waals surface area contributed by atoms with E-state index < -0.39 is 30.5 Å². The fraction of sp³-hybridized carbons (Fsp3) is 0.350. The first-order valence-electron chi connectivity index (χ1n) is 9.91. The van der Waals surface area contributed by atoms with Crippen LogP contribution in [0.15, 0.2) is 36.5 Å². The molecule has 1 N–H and O–H groups in total. The van der Waals surface area contributed by atoms with Crippen LogP contribution in [0.1, 0.15) is 18.9 Å². The molecule has 9 nitrogen and oxygen atoms in total. The van der Waals surface area contributed by atoms with E-state index in [2.05, 4.69) is 20.4 Å². The second-order valence-corrected chi connectivity index (χ2v) is 7.62. The van der Waals surface area contributed by atoms with E-state index in [9.17, 15) is 23.1 Å². The molecule has 0 spiro atoms. The molecule has 0 radical (unpaired) electrons. The van der Waals surface area contributed by atoms with Crippen molar-refractivity contribution in [2.24, 2.45) is 0 Å². The topological polar surface area (TPSA) is 106 Å². The zero-order valence-corrected chi connectivity index (χ0v) is 16.5. The van der Waals surface area contributed by atoms with Gasteiger partial charge in [0.25, 0.3) is 6.43 Å². The molecule has 1 amide bonds. The number of nitrogens with zero attached hydrogens (tertiary/aromatic N) is 6. The van der Waals surface area contributed by atoms with Gasteiger partial charge in [0.15, 0.2) is 12.2 Å². The van der Waals surface area contributed by atoms with Crippen LogP contribution in [0.3, 0.4) is 0 Å². The Bertz CT molecular complexity index is 1150. The summed E-state index contributed by atoms with van der Waals surface area (Å²) in [4.78, 5) is 18.9. The van der Waals surface area contributed by atoms with Crippen LogP contribution in [0.25, 0.3) is 22.6 Å². The number of cyclic esters (lactones) is 1. The van der Waals surface area contributed by atoms with Crippen molar-refractivity contribution in [3.8, 4) is 22.6 Å². The molecule has 2 aromatic heterocycles. The largest absolute Gasteiger partial charge is 0.441 e. The second-order valence-electron chi connectivity index (χ2n) is 7.62. The SMILES string of the molecule is O=C1O[C@H](C(O)C(F)F)CN1c1ccc(-c2ccc(-c3nnn(C4CC4)n3)nc2)c(F)c1. The first-order valence-corrected chi connectivity index (χ1v) is 9.91. The molecule has 1 aliphatic heterocycles. The molecule has 5 rings (SSSR count). The van der Waals surface area contributed by atoms with Crippen molar-refractivity contribution in [3.05, 3.63) is 42.3 Å². The van der Waals surface area contributed by atoms with E-state index in [1.165, 1.54) is 18.3 Å². The maximum absolute atomic E-state index is 14.8. The molecule has 32 heavy (non-hydrogen) atoms. The van der Waals surface area contributed by atoms with Crippen molar-refractivity contribution in [2.75, 3.05) is 11.4 Å². The number of halogens is 3. The Labute approximate surface area is 179 Å². The van der Waals surface area contributed by atoms with Crippen molar-refractivity contribution in [3.63, 3.8) is 0 Å². The van der Waals surface area contributed by atoms with Crippen LogP contribution < -0.4 is 4.90 Å². The van der Waals surface area contributed by atoms with E-state index >= 15 is 0 Å². The van der Waals surface area contributed by atoms with Crippen LogP contribution in [-0.4, -0.2) is 61.6 Å². The summed E-state index contributed by atoms with van der Waals surface area (Å²) < 4.78 is 45.0. The Kier molecular flexibility index (Phi) is 5.00. The monoisotopic (exact) mass is 446 g/mol. The average Bonchev–Trinajstić information content (AvgIpc) is 3.38. The summed E-state index contributed by atoms with van der Waals surface area (Å²) in [7, 11) is 0. The van der Waals surface area contributed by atoms with Gasteiger partial charge in [0.1, 0.15) is 11.5 Å². The first kappa shape index (κ1) is 20.4. The molecular weight excluding hydrogens is 429 g/mol. The van der Waals surface area contributed by atoms with Gasteiger partial charge in [0.2, 0.25) is 5.82 Å². The number of carbonyl (C=O) groups is 1. The number of aliphatic hydroxyl groups excluding tert-OH is 1. The predicted octanol–water partition coefficient (Wildman–Crippen LogP) is 2.83. The number of anilines is 1. The number of pyridine rings is 1. The average molecular weight is 446 g/mol. The fourth-order valence-electron chi connectivity index (χ4n) is 3.41. The molecule has 2 fully saturated rings. The number of amides is 1. The summed E-state index contributed by atoms with van der Waals surface area (Å²) in [6.07, 6.45) is -3.97. The molecule has 3 aromatic rings. The van der Waals surface area contributed by atoms with Gasteiger partial charge < -0.3 is 9.84 Å². The summed E-state index contributed by atoms with van der Waals surface area (Å²) in [5, 5.41) is 21.7. The molecule has 2 aliphatic rings. The standard InChI is InChI=1S/C20H17F3N6O3/c21-14-7-12(28-9-16(32-20(28)31)17(30)18(22)23)4-5-13(14)10-1-6-15(24-8-10)19-25-27-29(26-19)11-2-3-11/h1,4-8,11,16-18,30H,2-3,9H2/t16-,17?/m0/s1. The van der Waals surface area contributed by atoms with Crippen LogP contribution >= 0.6 is 0 Å². The molecule has 166 valence electrons. The number of hydrogen-bond acceptors (Lipinski definition) is 7. The van der Waals surface area contributed by atoms with Crippen LogP contribution in [0, 0.1) is 5.82 Å². The van der Waals surface area contributed by atoms with Gasteiger partial charge in [-0.15, -0.1) is 10.2 Å². The van der Waals surface area contributed by atoms with Crippen molar-refractivity contribution in [1.29, 1.82) is 0 Å². The highest BCUT2D eigenvalue weighted by Gasteiger charge is 2.40. The number of alkyl halides is 2. The van der Waals surface area contributed by atoms with Gasteiger partial charge in [0.05, 0.1) is 18.3 Å². The number of tetrazole rings is 1. The molecule has 1 unspecified atom stereocenters. The summed E-state index contributed by atoms with van der Waals surface area (Å²) in [5.41, 5.74) is 1.35. The lowest BCUT2D eigenvalue weighted by molar-refractivity contribution is -0.0641. The van der Waals surface area contributed by atoms with Crippen molar-refractivity contribution in [2.45, 2.75) is 37.5 Å². The minimum atomic E-state index is -3.06. The minimum Gasteiger partial charge on any atom is -0.441 e. The Balaban J connectivity index is 1.33. The molecule has 1 saturated carbocycles. The second kappa shape index (κ2) is 7.86. The summed E-state index contributed by atoms with van der Waals surface area (Å²) in [5.74, 6) is -0.257. The summed E-state index contributed by atoms with van der Waals surface area (Å²) >= 11 is 0. The number of carbonyl (C=O) groups excluding carboxylic acids is 1. The smallest absolute Gasteiger partial charge is 0.414 e. The lowest BCUT2D eigenvalue weighted by atomic mass is 10.1. The van der Waals surface area contributed by atoms with E-state index in [0.717, 1.165) is 23.8 Å². The first-order chi connectivity index (χ1) is 15.4. The molecule has 12 heteroatoms. The summed E-state index contributed by atoms with van der Waals surface area (Å²) in [6.45, 7) is -0.312. The van der Waals surface area contributed by atoms with Gasteiger partial charge in [-0.3, -0.25) is 9.88 Å². The number of rotatable bonds is 6. The highest BCUT2D eigenvalue weighted by atomic mass is 19.3. The van der Waals surface area contributed by atoms with E-state index in [1.54, 1.807) is 16.9 Å². The number of hydrogen-bond donors (Lipinski definition) is 1. The maximum Gasteiger partial charge on any atom is 0.414 e. The van der Waals surface area contributed by atoms with Crippen LogP contribution in [0.2, 0.25) is 0 Å². The molecule has 1 saturated heterocycles. The van der Waals surface area contributed by atoms with Crippen molar-refractivity contribution >= 4 is 11.8 Å². The van der Waals surface area contributed by atoms with Gasteiger partial charge in [-0.2, -0.15) is 4.80 Å². The quantitative estimate of drug-likeness (QED) is 0.621. The van der Waals surface area contributed by atoms with E-state index in [0.29, 0.717) is 23.1 Å². The van der Waals surface area contributed by atoms with E-state index in [-0.39, 0.29) is 17.8 Å². The van der Waals surface area contributed by atoms with Gasteiger partial charge in [-0.25, -0.2) is 18.0 Å². The van der Waals surface area contributed by atoms with E-state index in [1.807, 2.05) is 0 Å². The van der Waals surface area contributed by atoms with Gasteiger partial charge in [0, 0.05) is 17.3 Å². The Morgan fingerprint density at radius 1 is 1.19 bits per heavy atom. The van der Waals surface area contributed by atoms with E-state index in [4.69, 9.17) is 4.74 Å². The van der Waals surface area contributed by atoms with Gasteiger partial charge in [-0.05, 0) is 42.3 Å². The third-order valence-corrected chi connectivity index (χ3v) is 5.34. The molecule has 1 aliphatic carbocycles. The number of ether oxygens (including phenoxy) is 1. The predicted molar refractivity (Wildman–Crippen MR) is 104 cm³/mol. The Morgan fingerprint density at radius 3 is 2.66 bits per heavy atom. The fourth-order valence-corrected chi connectivity index (χ4v) is 3.41. The maximum atomic E-state index is 14.8. The third-order valence-electron chi connectivity index (χ3n) is 5.34. The Morgan fingerprint density at radius 2 is 2.00 bits per heavy atom. The lowest BCUT2D eigenvalue weighted by Crippen LogP contribution is -2.36. The summed E-state index contributed by atoms with van der Waals surface area (Å²) in [6, 6.07) is 7.64. The van der Waals surface area contributed by atoms with Crippen LogP contribution in [0.5, 0.6) is 0 Å². The lowest BCUT2D eigenvalue weighted by Gasteiger charge is -2.16. The highest BCUT2D eigenvalue weighted by molar-refractivity contribution is 5.90. The highest BCUT2D eigenvalue weighted by Crippen LogP contribution is 2.33. The molecule has 3 heterocycles. The number of aromatic nitrogens is 5.